The third kappa shape index (κ3) is 2.92. The van der Waals surface area contributed by atoms with Gasteiger partial charge in [-0.1, -0.05) is 10.3 Å². The fraction of sp³-hybridized carbons (Fsp3) is 0.556. The second kappa shape index (κ2) is 4.81. The van der Waals surface area contributed by atoms with Crippen molar-refractivity contribution in [3.05, 3.63) is 11.7 Å². The fourth-order valence-corrected chi connectivity index (χ4v) is 1.03. The highest BCUT2D eigenvalue weighted by atomic mass is 16.5. The number of hydrogen-bond acceptors (Lipinski definition) is 6. The van der Waals surface area contributed by atoms with Gasteiger partial charge in [-0.3, -0.25) is 4.79 Å². The van der Waals surface area contributed by atoms with E-state index in [1.54, 1.807) is 20.8 Å². The van der Waals surface area contributed by atoms with Gasteiger partial charge < -0.3 is 20.8 Å². The molecule has 0 bridgehead atoms. The largest absolute Gasteiger partial charge is 0.409 e. The van der Waals surface area contributed by atoms with Crippen LogP contribution in [0, 0.1) is 12.3 Å². The lowest BCUT2D eigenvalue weighted by Gasteiger charge is -2.21. The molecule has 8 heteroatoms. The maximum Gasteiger partial charge on any atom is 0.233 e. The molecule has 0 aliphatic heterocycles. The minimum absolute atomic E-state index is 0.123. The van der Waals surface area contributed by atoms with Crippen LogP contribution in [0.25, 0.3) is 0 Å². The van der Waals surface area contributed by atoms with E-state index in [1.165, 1.54) is 0 Å². The van der Waals surface area contributed by atoms with Crippen LogP contribution >= 0.6 is 0 Å². The minimum atomic E-state index is -1.10. The minimum Gasteiger partial charge on any atom is -0.409 e. The summed E-state index contributed by atoms with van der Waals surface area (Å²) in [7, 11) is 0. The van der Waals surface area contributed by atoms with Gasteiger partial charge in [-0.2, -0.15) is 4.98 Å². The average Bonchev–Trinajstić information content (AvgIpc) is 2.70. The van der Waals surface area contributed by atoms with E-state index in [1.807, 2.05) is 0 Å². The van der Waals surface area contributed by atoms with Crippen LogP contribution < -0.4 is 11.1 Å². The van der Waals surface area contributed by atoms with Crippen molar-refractivity contribution < 1.29 is 14.5 Å². The average molecular weight is 241 g/mol. The van der Waals surface area contributed by atoms with Gasteiger partial charge in [0.25, 0.3) is 0 Å². The Labute approximate surface area is 97.9 Å². The zero-order chi connectivity index (χ0) is 13.1. The lowest BCUT2D eigenvalue weighted by Crippen LogP contribution is -2.45. The second-order valence-electron chi connectivity index (χ2n) is 4.02. The first kappa shape index (κ1) is 12.9. The number of aromatic nitrogens is 2. The molecule has 1 aromatic heterocycles. The van der Waals surface area contributed by atoms with Crippen molar-refractivity contribution in [1.29, 1.82) is 0 Å². The molecule has 1 heterocycles. The molecule has 1 rings (SSSR count). The molecule has 0 aliphatic rings. The molecule has 0 atom stereocenters. The first-order valence-electron chi connectivity index (χ1n) is 4.93. The van der Waals surface area contributed by atoms with Crippen LogP contribution in [0.1, 0.15) is 25.6 Å². The monoisotopic (exact) mass is 241 g/mol. The first-order valence-corrected chi connectivity index (χ1v) is 4.93. The Morgan fingerprint density at radius 1 is 1.65 bits per heavy atom. The molecule has 4 N–H and O–H groups in total. The molecule has 94 valence electrons. The molecule has 1 amide bonds. The molecule has 0 aliphatic carbocycles. The molecule has 1 aromatic rings. The molecule has 0 saturated carbocycles. The Morgan fingerprint density at radius 2 is 2.29 bits per heavy atom. The number of nitrogens with two attached hydrogens (primary N) is 1. The normalized spacial score (nSPS) is 12.5. The third-order valence-electron chi connectivity index (χ3n) is 2.29. The number of carbonyl (C=O) groups is 1. The number of aryl methyl sites for hydroxylation is 1. The number of oxime groups is 1. The van der Waals surface area contributed by atoms with Crippen molar-refractivity contribution in [3.8, 4) is 0 Å². The van der Waals surface area contributed by atoms with Gasteiger partial charge in [0.05, 0.1) is 6.54 Å². The molecular weight excluding hydrogens is 226 g/mol. The van der Waals surface area contributed by atoms with E-state index in [2.05, 4.69) is 20.6 Å². The predicted octanol–water partition coefficient (Wildman–Crippen LogP) is -0.233. The highest BCUT2D eigenvalue weighted by molar-refractivity contribution is 6.05. The van der Waals surface area contributed by atoms with Crippen LogP contribution in [0.5, 0.6) is 0 Å². The highest BCUT2D eigenvalue weighted by Gasteiger charge is 2.32. The fourth-order valence-electron chi connectivity index (χ4n) is 1.03. The zero-order valence-corrected chi connectivity index (χ0v) is 9.89. The van der Waals surface area contributed by atoms with E-state index in [-0.39, 0.29) is 12.4 Å². The Balaban J connectivity index is 2.61. The van der Waals surface area contributed by atoms with Crippen molar-refractivity contribution >= 4 is 11.7 Å². The number of nitrogens with zero attached hydrogens (tertiary/aromatic N) is 3. The number of amides is 1. The van der Waals surface area contributed by atoms with E-state index >= 15 is 0 Å². The molecule has 8 nitrogen and oxygen atoms in total. The summed E-state index contributed by atoms with van der Waals surface area (Å²) in [4.78, 5) is 15.7. The predicted molar refractivity (Wildman–Crippen MR) is 58.1 cm³/mol. The Bertz CT molecular complexity index is 438. The zero-order valence-electron chi connectivity index (χ0n) is 9.89. The SMILES string of the molecule is Cc1nc(CNC(=O)C(C)(C)C(N)=NO)no1. The van der Waals surface area contributed by atoms with E-state index < -0.39 is 11.3 Å². The number of rotatable bonds is 4. The van der Waals surface area contributed by atoms with Crippen LogP contribution in [0.3, 0.4) is 0 Å². The van der Waals surface area contributed by atoms with Crippen LogP contribution in [0.15, 0.2) is 9.68 Å². The Hall–Kier alpha value is -2.12. The summed E-state index contributed by atoms with van der Waals surface area (Å²) in [5.41, 5.74) is 4.31. The lowest BCUT2D eigenvalue weighted by molar-refractivity contribution is -0.126. The molecule has 0 unspecified atom stereocenters. The van der Waals surface area contributed by atoms with E-state index in [9.17, 15) is 4.79 Å². The number of amidine groups is 1. The molecule has 0 aromatic carbocycles. The third-order valence-corrected chi connectivity index (χ3v) is 2.29. The first-order chi connectivity index (χ1) is 7.87. The van der Waals surface area contributed by atoms with Crippen molar-refractivity contribution in [1.82, 2.24) is 15.5 Å². The number of hydrogen-bond donors (Lipinski definition) is 3. The summed E-state index contributed by atoms with van der Waals surface area (Å²) < 4.78 is 4.75. The van der Waals surface area contributed by atoms with E-state index in [4.69, 9.17) is 15.5 Å². The Kier molecular flexibility index (Phi) is 3.66. The van der Waals surface area contributed by atoms with Crippen LogP contribution in [0.2, 0.25) is 0 Å². The van der Waals surface area contributed by atoms with Crippen molar-refractivity contribution in [3.63, 3.8) is 0 Å². The van der Waals surface area contributed by atoms with E-state index in [0.29, 0.717) is 11.7 Å². The maximum absolute atomic E-state index is 11.8. The molecule has 0 fully saturated rings. The summed E-state index contributed by atoms with van der Waals surface area (Å²) in [5.74, 6) is 0.227. The van der Waals surface area contributed by atoms with Gasteiger partial charge in [-0.05, 0) is 13.8 Å². The lowest BCUT2D eigenvalue weighted by atomic mass is 9.91. The van der Waals surface area contributed by atoms with Crippen LogP contribution in [-0.2, 0) is 11.3 Å². The summed E-state index contributed by atoms with van der Waals surface area (Å²) >= 11 is 0. The summed E-state index contributed by atoms with van der Waals surface area (Å²) in [6, 6.07) is 0. The number of carbonyl (C=O) groups excluding carboxylic acids is 1. The van der Waals surface area contributed by atoms with Crippen molar-refractivity contribution in [2.75, 3.05) is 0 Å². The van der Waals surface area contributed by atoms with Gasteiger partial charge in [0.1, 0.15) is 5.41 Å². The van der Waals surface area contributed by atoms with Gasteiger partial charge in [0.2, 0.25) is 11.8 Å². The topological polar surface area (TPSA) is 127 Å². The summed E-state index contributed by atoms with van der Waals surface area (Å²) in [6.45, 7) is 4.86. The summed E-state index contributed by atoms with van der Waals surface area (Å²) in [6.07, 6.45) is 0. The standard InChI is InChI=1S/C9H15N5O3/c1-5-12-6(14-17-5)4-11-8(15)9(2,3)7(10)13-16/h16H,4H2,1-3H3,(H2,10,13)(H,11,15). The van der Waals surface area contributed by atoms with Crippen LogP contribution in [0.4, 0.5) is 0 Å². The molecular formula is C9H15N5O3. The quantitative estimate of drug-likeness (QED) is 0.289. The second-order valence-corrected chi connectivity index (χ2v) is 4.02. The van der Waals surface area contributed by atoms with Gasteiger partial charge in [-0.15, -0.1) is 0 Å². The van der Waals surface area contributed by atoms with Crippen molar-refractivity contribution in [2.45, 2.75) is 27.3 Å². The molecule has 0 radical (unpaired) electrons. The van der Waals surface area contributed by atoms with Crippen molar-refractivity contribution in [2.24, 2.45) is 16.3 Å². The van der Waals surface area contributed by atoms with Gasteiger partial charge >= 0.3 is 0 Å². The highest BCUT2D eigenvalue weighted by Crippen LogP contribution is 2.15. The van der Waals surface area contributed by atoms with E-state index in [0.717, 1.165) is 0 Å². The number of nitrogens with one attached hydrogen (secondary N) is 1. The van der Waals surface area contributed by atoms with Gasteiger partial charge in [0.15, 0.2) is 11.7 Å². The van der Waals surface area contributed by atoms with Gasteiger partial charge in [-0.25, -0.2) is 0 Å². The van der Waals surface area contributed by atoms with Crippen LogP contribution in [-0.4, -0.2) is 27.1 Å². The Morgan fingerprint density at radius 3 is 2.76 bits per heavy atom. The smallest absolute Gasteiger partial charge is 0.233 e. The molecule has 0 spiro atoms. The summed E-state index contributed by atoms with van der Waals surface area (Å²) in [5, 5.41) is 17.6. The molecule has 17 heavy (non-hydrogen) atoms. The molecule has 0 saturated heterocycles. The maximum atomic E-state index is 11.8. The van der Waals surface area contributed by atoms with Gasteiger partial charge in [0, 0.05) is 6.92 Å².